The van der Waals surface area contributed by atoms with Gasteiger partial charge in [0.05, 0.1) is 36.7 Å². The molecule has 2 aliphatic rings. The lowest BCUT2D eigenvalue weighted by atomic mass is 10.1. The Morgan fingerprint density at radius 1 is 1.14 bits per heavy atom. The summed E-state index contributed by atoms with van der Waals surface area (Å²) in [6, 6.07) is 6.00. The molecule has 11 heteroatoms. The van der Waals surface area contributed by atoms with Crippen LogP contribution < -0.4 is 9.64 Å². The summed E-state index contributed by atoms with van der Waals surface area (Å²) < 4.78 is 42.9. The van der Waals surface area contributed by atoms with Crippen molar-refractivity contribution in [3.63, 3.8) is 0 Å². The molecule has 0 bridgehead atoms. The van der Waals surface area contributed by atoms with Gasteiger partial charge in [0.2, 0.25) is 5.91 Å². The molecule has 0 unspecified atom stereocenters. The normalized spacial score (nSPS) is 16.9. The Labute approximate surface area is 209 Å². The number of aryl methyl sites for hydroxylation is 1. The number of benzene rings is 2. The van der Waals surface area contributed by atoms with Gasteiger partial charge in [0.25, 0.3) is 0 Å². The number of carbonyl (C=O) groups excluding carboxylic acids is 2. The summed E-state index contributed by atoms with van der Waals surface area (Å²) >= 11 is 6.57. The number of nitrogens with zero attached hydrogens (tertiary/aromatic N) is 2. The van der Waals surface area contributed by atoms with Crippen molar-refractivity contribution in [2.75, 3.05) is 51.4 Å². The Bertz CT molecular complexity index is 1270. The highest BCUT2D eigenvalue weighted by molar-refractivity contribution is 7.90. The third kappa shape index (κ3) is 5.30. The number of ether oxygens (including phenoxy) is 3. The number of methoxy groups -OCH3 is 1. The first-order chi connectivity index (χ1) is 16.6. The maximum Gasteiger partial charge on any atom is 0.337 e. The zero-order valence-electron chi connectivity index (χ0n) is 19.8. The summed E-state index contributed by atoms with van der Waals surface area (Å²) in [6.07, 6.45) is 0. The molecular formula is C24H27ClN2O7S. The van der Waals surface area contributed by atoms with Crippen LogP contribution in [0.5, 0.6) is 11.5 Å². The number of fused-ring (bicyclic) bond motifs is 2. The highest BCUT2D eigenvalue weighted by Gasteiger charge is 2.32. The molecular weight excluding hydrogens is 496 g/mol. The van der Waals surface area contributed by atoms with Crippen molar-refractivity contribution in [3.8, 4) is 11.5 Å². The minimum Gasteiger partial charge on any atom is -0.465 e. The topological polar surface area (TPSA) is 102 Å². The second-order valence-corrected chi connectivity index (χ2v) is 10.9. The average Bonchev–Trinajstić information content (AvgIpc) is 2.93. The standard InChI is InChI=1S/C24H27ClN2O7S/c1-15-10-17(24(29)32-3)12-21-22(15)34-23-18(14-35(21,30)31)11-19(13-20(23)25)27(16(2)28)5-4-26-6-8-33-9-7-26/h10-13H,4-9,14H2,1-3H3. The second-order valence-electron chi connectivity index (χ2n) is 8.51. The predicted molar refractivity (Wildman–Crippen MR) is 130 cm³/mol. The van der Waals surface area contributed by atoms with Crippen LogP contribution in [-0.2, 0) is 29.9 Å². The van der Waals surface area contributed by atoms with E-state index in [4.69, 9.17) is 25.8 Å². The monoisotopic (exact) mass is 522 g/mol. The fraction of sp³-hybridized carbons (Fsp3) is 0.417. The zero-order chi connectivity index (χ0) is 25.3. The van der Waals surface area contributed by atoms with E-state index in [-0.39, 0.29) is 32.9 Å². The molecule has 2 heterocycles. The van der Waals surface area contributed by atoms with Crippen LogP contribution in [0.1, 0.15) is 28.4 Å². The maximum absolute atomic E-state index is 13.4. The van der Waals surface area contributed by atoms with Crippen molar-refractivity contribution in [2.45, 2.75) is 24.5 Å². The van der Waals surface area contributed by atoms with Gasteiger partial charge in [0, 0.05) is 44.4 Å². The van der Waals surface area contributed by atoms with E-state index in [1.807, 2.05) is 0 Å². The minimum absolute atomic E-state index is 0.109. The van der Waals surface area contributed by atoms with Gasteiger partial charge in [-0.25, -0.2) is 13.2 Å². The fourth-order valence-electron chi connectivity index (χ4n) is 4.27. The summed E-state index contributed by atoms with van der Waals surface area (Å²) in [5, 5.41) is 0.189. The summed E-state index contributed by atoms with van der Waals surface area (Å²) in [5.41, 5.74) is 1.39. The number of amides is 1. The maximum atomic E-state index is 13.4. The predicted octanol–water partition coefficient (Wildman–Crippen LogP) is 3.20. The smallest absolute Gasteiger partial charge is 0.337 e. The van der Waals surface area contributed by atoms with Gasteiger partial charge in [0.15, 0.2) is 9.84 Å². The molecule has 0 spiro atoms. The minimum atomic E-state index is -3.90. The lowest BCUT2D eigenvalue weighted by Crippen LogP contribution is -2.42. The molecule has 2 aromatic carbocycles. The van der Waals surface area contributed by atoms with Crippen molar-refractivity contribution in [3.05, 3.63) is 46.0 Å². The summed E-state index contributed by atoms with van der Waals surface area (Å²) in [4.78, 5) is 28.2. The van der Waals surface area contributed by atoms with Gasteiger partial charge in [-0.05, 0) is 36.8 Å². The van der Waals surface area contributed by atoms with Crippen molar-refractivity contribution < 1.29 is 32.2 Å². The molecule has 1 saturated heterocycles. The van der Waals surface area contributed by atoms with Crippen molar-refractivity contribution in [1.29, 1.82) is 0 Å². The van der Waals surface area contributed by atoms with E-state index in [1.165, 1.54) is 26.2 Å². The largest absolute Gasteiger partial charge is 0.465 e. The van der Waals surface area contributed by atoms with Crippen molar-refractivity contribution in [2.24, 2.45) is 0 Å². The number of rotatable bonds is 5. The first-order valence-electron chi connectivity index (χ1n) is 11.1. The number of halogens is 1. The van der Waals surface area contributed by atoms with E-state index < -0.39 is 21.6 Å². The molecule has 0 aromatic heterocycles. The quantitative estimate of drug-likeness (QED) is 0.552. The molecule has 2 aromatic rings. The highest BCUT2D eigenvalue weighted by Crippen LogP contribution is 2.45. The number of sulfone groups is 1. The van der Waals surface area contributed by atoms with Crippen LogP contribution in [0.4, 0.5) is 5.69 Å². The molecule has 0 aliphatic carbocycles. The molecule has 1 amide bonds. The van der Waals surface area contributed by atoms with Crippen LogP contribution in [0, 0.1) is 6.92 Å². The molecule has 0 radical (unpaired) electrons. The SMILES string of the molecule is COC(=O)c1cc(C)c2c(c1)S(=O)(=O)Cc1cc(N(CCN3CCOCC3)C(C)=O)cc(Cl)c1O2. The molecule has 0 saturated carbocycles. The Hall–Kier alpha value is -2.66. The van der Waals surface area contributed by atoms with E-state index >= 15 is 0 Å². The number of hydrogen-bond donors (Lipinski definition) is 0. The van der Waals surface area contributed by atoms with E-state index in [0.717, 1.165) is 13.1 Å². The number of esters is 1. The molecule has 188 valence electrons. The molecule has 0 atom stereocenters. The highest BCUT2D eigenvalue weighted by atomic mass is 35.5. The van der Waals surface area contributed by atoms with E-state index in [2.05, 4.69) is 4.90 Å². The average molecular weight is 523 g/mol. The van der Waals surface area contributed by atoms with Crippen LogP contribution in [-0.4, -0.2) is 71.7 Å². The van der Waals surface area contributed by atoms with Gasteiger partial charge < -0.3 is 19.1 Å². The van der Waals surface area contributed by atoms with Gasteiger partial charge in [-0.15, -0.1) is 0 Å². The fourth-order valence-corrected chi connectivity index (χ4v) is 6.11. The summed E-state index contributed by atoms with van der Waals surface area (Å²) in [5.74, 6) is -0.911. The number of carbonyl (C=O) groups is 2. The third-order valence-electron chi connectivity index (χ3n) is 6.09. The first kappa shape index (κ1) is 25.4. The summed E-state index contributed by atoms with van der Waals surface area (Å²) in [6.45, 7) is 7.04. The van der Waals surface area contributed by atoms with Crippen LogP contribution >= 0.6 is 11.6 Å². The molecule has 9 nitrogen and oxygen atoms in total. The van der Waals surface area contributed by atoms with Crippen LogP contribution in [0.2, 0.25) is 5.02 Å². The van der Waals surface area contributed by atoms with Gasteiger partial charge >= 0.3 is 5.97 Å². The number of anilines is 1. The number of morpholine rings is 1. The van der Waals surface area contributed by atoms with E-state index in [1.54, 1.807) is 24.0 Å². The lowest BCUT2D eigenvalue weighted by molar-refractivity contribution is -0.116. The van der Waals surface area contributed by atoms with Crippen LogP contribution in [0.25, 0.3) is 0 Å². The van der Waals surface area contributed by atoms with E-state index in [9.17, 15) is 18.0 Å². The van der Waals surface area contributed by atoms with Crippen molar-refractivity contribution in [1.82, 2.24) is 4.90 Å². The van der Waals surface area contributed by atoms with E-state index in [0.29, 0.717) is 43.1 Å². The molecule has 2 aliphatic heterocycles. The van der Waals surface area contributed by atoms with Crippen LogP contribution in [0.3, 0.4) is 0 Å². The van der Waals surface area contributed by atoms with Gasteiger partial charge in [0.1, 0.15) is 16.4 Å². The molecule has 35 heavy (non-hydrogen) atoms. The lowest BCUT2D eigenvalue weighted by Gasteiger charge is -2.30. The third-order valence-corrected chi connectivity index (χ3v) is 8.03. The van der Waals surface area contributed by atoms with Gasteiger partial charge in [-0.3, -0.25) is 9.69 Å². The Morgan fingerprint density at radius 3 is 2.51 bits per heavy atom. The molecule has 1 fully saturated rings. The zero-order valence-corrected chi connectivity index (χ0v) is 21.4. The Balaban J connectivity index is 1.71. The Kier molecular flexibility index (Phi) is 7.37. The first-order valence-corrected chi connectivity index (χ1v) is 13.2. The van der Waals surface area contributed by atoms with Gasteiger partial charge in [-0.1, -0.05) is 11.6 Å². The molecule has 0 N–H and O–H groups in total. The molecule has 4 rings (SSSR count). The second kappa shape index (κ2) is 10.1. The summed E-state index contributed by atoms with van der Waals surface area (Å²) in [7, 11) is -2.68. The van der Waals surface area contributed by atoms with Crippen molar-refractivity contribution >= 4 is 39.0 Å². The van der Waals surface area contributed by atoms with Gasteiger partial charge in [-0.2, -0.15) is 0 Å². The van der Waals surface area contributed by atoms with Crippen LogP contribution in [0.15, 0.2) is 29.2 Å². The Morgan fingerprint density at radius 2 is 1.86 bits per heavy atom. The number of hydrogen-bond acceptors (Lipinski definition) is 8.